The van der Waals surface area contributed by atoms with Gasteiger partial charge in [-0.15, -0.1) is 0 Å². The van der Waals surface area contributed by atoms with Gasteiger partial charge in [0.25, 0.3) is 0 Å². The third-order valence-corrected chi connectivity index (χ3v) is 2.50. The number of hydrogen-bond donors (Lipinski definition) is 3. The molecule has 6 heteroatoms. The van der Waals surface area contributed by atoms with E-state index in [4.69, 9.17) is 9.84 Å². The van der Waals surface area contributed by atoms with Gasteiger partial charge in [0.05, 0.1) is 12.8 Å². The maximum absolute atomic E-state index is 11.1. The number of anilines is 2. The molecule has 3 N–H and O–H groups in total. The highest BCUT2D eigenvalue weighted by atomic mass is 16.5. The maximum Gasteiger partial charge on any atom is 0.328 e. The van der Waals surface area contributed by atoms with Crippen molar-refractivity contribution in [3.05, 3.63) is 18.2 Å². The molecular formula is C13H18N2O4. The average Bonchev–Trinajstić information content (AvgIpc) is 2.27. The van der Waals surface area contributed by atoms with Gasteiger partial charge in [-0.2, -0.15) is 0 Å². The lowest BCUT2D eigenvalue weighted by molar-refractivity contribution is -0.141. The quantitative estimate of drug-likeness (QED) is 0.758. The largest absolute Gasteiger partial charge is 0.495 e. The van der Waals surface area contributed by atoms with Gasteiger partial charge in [-0.05, 0) is 32.0 Å². The fourth-order valence-corrected chi connectivity index (χ4v) is 1.48. The Hall–Kier alpha value is -2.24. The third kappa shape index (κ3) is 3.87. The first-order chi connectivity index (χ1) is 8.76. The third-order valence-electron chi connectivity index (χ3n) is 2.50. The van der Waals surface area contributed by atoms with Crippen LogP contribution in [-0.4, -0.2) is 29.6 Å². The fraction of sp³-hybridized carbons (Fsp3) is 0.385. The predicted molar refractivity (Wildman–Crippen MR) is 72.6 cm³/mol. The second kappa shape index (κ2) is 5.60. The van der Waals surface area contributed by atoms with Crippen LogP contribution in [0, 0.1) is 0 Å². The number of methoxy groups -OCH3 is 1. The number of carbonyl (C=O) groups excluding carboxylic acids is 1. The number of amides is 1. The van der Waals surface area contributed by atoms with Crippen LogP contribution in [0.15, 0.2) is 18.2 Å². The molecule has 104 valence electrons. The van der Waals surface area contributed by atoms with Crippen molar-refractivity contribution in [1.82, 2.24) is 0 Å². The Morgan fingerprint density at radius 2 is 1.95 bits per heavy atom. The fourth-order valence-electron chi connectivity index (χ4n) is 1.48. The van der Waals surface area contributed by atoms with E-state index in [9.17, 15) is 9.59 Å². The zero-order valence-electron chi connectivity index (χ0n) is 11.4. The lowest BCUT2D eigenvalue weighted by atomic mass is 10.1. The monoisotopic (exact) mass is 266 g/mol. The zero-order valence-corrected chi connectivity index (χ0v) is 11.4. The Kier molecular flexibility index (Phi) is 4.37. The normalized spacial score (nSPS) is 10.7. The number of hydrogen-bond acceptors (Lipinski definition) is 4. The highest BCUT2D eigenvalue weighted by Gasteiger charge is 2.27. The lowest BCUT2D eigenvalue weighted by Crippen LogP contribution is -2.40. The van der Waals surface area contributed by atoms with Crippen LogP contribution in [0.3, 0.4) is 0 Å². The number of carbonyl (C=O) groups is 2. The summed E-state index contributed by atoms with van der Waals surface area (Å²) < 4.78 is 5.16. The number of benzene rings is 1. The summed E-state index contributed by atoms with van der Waals surface area (Å²) in [4.78, 5) is 22.1. The maximum atomic E-state index is 11.1. The van der Waals surface area contributed by atoms with Crippen LogP contribution in [0.25, 0.3) is 0 Å². The van der Waals surface area contributed by atoms with E-state index >= 15 is 0 Å². The molecule has 0 aliphatic carbocycles. The molecule has 0 aliphatic heterocycles. The van der Waals surface area contributed by atoms with Crippen LogP contribution in [0.1, 0.15) is 20.8 Å². The Morgan fingerprint density at radius 1 is 1.32 bits per heavy atom. The second-order valence-electron chi connectivity index (χ2n) is 4.65. The molecule has 1 aromatic rings. The van der Waals surface area contributed by atoms with Crippen molar-refractivity contribution in [2.24, 2.45) is 0 Å². The van der Waals surface area contributed by atoms with E-state index < -0.39 is 11.5 Å². The molecule has 0 aliphatic rings. The van der Waals surface area contributed by atoms with Crippen LogP contribution in [0.4, 0.5) is 11.4 Å². The number of aliphatic carboxylic acids is 1. The zero-order chi connectivity index (χ0) is 14.6. The molecule has 0 radical (unpaired) electrons. The summed E-state index contributed by atoms with van der Waals surface area (Å²) in [5.41, 5.74) is -0.0829. The van der Waals surface area contributed by atoms with E-state index in [1.54, 1.807) is 32.0 Å². The number of carboxylic acids is 1. The van der Waals surface area contributed by atoms with Gasteiger partial charge in [0.2, 0.25) is 5.91 Å². The van der Waals surface area contributed by atoms with Gasteiger partial charge in [-0.3, -0.25) is 4.79 Å². The molecule has 1 rings (SSSR count). The molecule has 0 bridgehead atoms. The predicted octanol–water partition coefficient (Wildman–Crippen LogP) is 1.93. The molecule has 0 atom stereocenters. The first-order valence-electron chi connectivity index (χ1n) is 5.73. The van der Waals surface area contributed by atoms with E-state index in [0.717, 1.165) is 0 Å². The Labute approximate surface area is 111 Å². The Morgan fingerprint density at radius 3 is 2.42 bits per heavy atom. The summed E-state index contributed by atoms with van der Waals surface area (Å²) in [7, 11) is 1.49. The minimum absolute atomic E-state index is 0.200. The van der Waals surface area contributed by atoms with E-state index in [0.29, 0.717) is 17.1 Å². The van der Waals surface area contributed by atoms with Crippen molar-refractivity contribution < 1.29 is 19.4 Å². The first kappa shape index (κ1) is 14.8. The molecule has 0 heterocycles. The first-order valence-corrected chi connectivity index (χ1v) is 5.73. The van der Waals surface area contributed by atoms with Crippen molar-refractivity contribution in [2.45, 2.75) is 26.3 Å². The minimum atomic E-state index is -1.15. The number of nitrogens with one attached hydrogen (secondary N) is 2. The van der Waals surface area contributed by atoms with Gasteiger partial charge in [0, 0.05) is 12.6 Å². The topological polar surface area (TPSA) is 87.7 Å². The molecule has 0 spiro atoms. The average molecular weight is 266 g/mol. The van der Waals surface area contributed by atoms with Crippen LogP contribution in [0.2, 0.25) is 0 Å². The lowest BCUT2D eigenvalue weighted by Gasteiger charge is -2.24. The van der Waals surface area contributed by atoms with E-state index in [-0.39, 0.29) is 5.91 Å². The molecule has 0 fully saturated rings. The molecular weight excluding hydrogens is 248 g/mol. The van der Waals surface area contributed by atoms with Crippen molar-refractivity contribution >= 4 is 23.3 Å². The van der Waals surface area contributed by atoms with Crippen molar-refractivity contribution in [3.8, 4) is 5.75 Å². The molecule has 19 heavy (non-hydrogen) atoms. The highest BCUT2D eigenvalue weighted by Crippen LogP contribution is 2.30. The van der Waals surface area contributed by atoms with Crippen LogP contribution >= 0.6 is 0 Å². The highest BCUT2D eigenvalue weighted by molar-refractivity contribution is 5.90. The van der Waals surface area contributed by atoms with Crippen LogP contribution < -0.4 is 15.4 Å². The van der Waals surface area contributed by atoms with Gasteiger partial charge >= 0.3 is 5.97 Å². The molecule has 0 unspecified atom stereocenters. The Bertz CT molecular complexity index is 497. The van der Waals surface area contributed by atoms with E-state index in [2.05, 4.69) is 10.6 Å². The molecule has 1 amide bonds. The Balaban J connectivity index is 3.09. The summed E-state index contributed by atoms with van der Waals surface area (Å²) in [5.74, 6) is -0.684. The molecule has 1 aromatic carbocycles. The van der Waals surface area contributed by atoms with Crippen molar-refractivity contribution in [3.63, 3.8) is 0 Å². The second-order valence-corrected chi connectivity index (χ2v) is 4.65. The minimum Gasteiger partial charge on any atom is -0.495 e. The molecule has 0 aromatic heterocycles. The van der Waals surface area contributed by atoms with Gasteiger partial charge < -0.3 is 20.5 Å². The van der Waals surface area contributed by atoms with E-state index in [1.165, 1.54) is 14.0 Å². The van der Waals surface area contributed by atoms with Crippen molar-refractivity contribution in [1.29, 1.82) is 0 Å². The SMILES string of the molecule is COc1ccc(NC(C)=O)cc1NC(C)(C)C(=O)O. The van der Waals surface area contributed by atoms with Gasteiger partial charge in [-0.25, -0.2) is 4.79 Å². The smallest absolute Gasteiger partial charge is 0.328 e. The summed E-state index contributed by atoms with van der Waals surface area (Å²) in [6, 6.07) is 4.97. The van der Waals surface area contributed by atoms with Crippen molar-refractivity contribution in [2.75, 3.05) is 17.7 Å². The number of ether oxygens (including phenoxy) is 1. The summed E-state index contributed by atoms with van der Waals surface area (Å²) in [6.45, 7) is 4.48. The van der Waals surface area contributed by atoms with Gasteiger partial charge in [0.15, 0.2) is 0 Å². The number of rotatable bonds is 5. The molecule has 0 saturated heterocycles. The molecule has 0 saturated carbocycles. The van der Waals surface area contributed by atoms with Gasteiger partial charge in [-0.1, -0.05) is 0 Å². The summed E-state index contributed by atoms with van der Waals surface area (Å²) >= 11 is 0. The van der Waals surface area contributed by atoms with Gasteiger partial charge in [0.1, 0.15) is 11.3 Å². The number of carboxylic acid groups (broad SMARTS) is 1. The van der Waals surface area contributed by atoms with Crippen LogP contribution in [-0.2, 0) is 9.59 Å². The van der Waals surface area contributed by atoms with Crippen LogP contribution in [0.5, 0.6) is 5.75 Å². The summed E-state index contributed by atoms with van der Waals surface area (Å²) in [5, 5.41) is 14.6. The standard InChI is InChI=1S/C13H18N2O4/c1-8(16)14-9-5-6-11(19-4)10(7-9)15-13(2,3)12(17)18/h5-7,15H,1-4H3,(H,14,16)(H,17,18). The van der Waals surface area contributed by atoms with E-state index in [1.807, 2.05) is 0 Å². The summed E-state index contributed by atoms with van der Waals surface area (Å²) in [6.07, 6.45) is 0. The molecule has 6 nitrogen and oxygen atoms in total.